The van der Waals surface area contributed by atoms with Gasteiger partial charge < -0.3 is 5.32 Å². The Morgan fingerprint density at radius 3 is 2.44 bits per heavy atom. The fraction of sp³-hybridized carbons (Fsp3) is 0. The number of amides is 1. The predicted octanol–water partition coefficient (Wildman–Crippen LogP) is 3.98. The molecule has 0 fully saturated rings. The highest BCUT2D eigenvalue weighted by atomic mass is 79.9. The van der Waals surface area contributed by atoms with E-state index in [1.165, 1.54) is 6.07 Å². The van der Waals surface area contributed by atoms with E-state index in [-0.39, 0.29) is 5.69 Å². The van der Waals surface area contributed by atoms with Crippen LogP contribution < -0.4 is 5.32 Å². The third-order valence-corrected chi connectivity index (χ3v) is 2.99. The number of hydrogen-bond acceptors (Lipinski definition) is 1. The number of carbonyl (C=O) groups excluding carboxylic acids is 1. The zero-order valence-corrected chi connectivity index (χ0v) is 10.7. The summed E-state index contributed by atoms with van der Waals surface area (Å²) in [5.74, 6) is -2.35. The largest absolute Gasteiger partial charge is 0.322 e. The van der Waals surface area contributed by atoms with E-state index in [0.29, 0.717) is 10.0 Å². The summed E-state index contributed by atoms with van der Waals surface area (Å²) in [7, 11) is 0. The number of rotatable bonds is 2. The highest BCUT2D eigenvalue weighted by Crippen LogP contribution is 2.19. The van der Waals surface area contributed by atoms with Gasteiger partial charge in [-0.3, -0.25) is 4.79 Å². The molecule has 0 saturated heterocycles. The summed E-state index contributed by atoms with van der Waals surface area (Å²) >= 11 is 3.24. The van der Waals surface area contributed by atoms with Gasteiger partial charge in [0.1, 0.15) is 0 Å². The number of anilines is 1. The molecule has 0 spiro atoms. The van der Waals surface area contributed by atoms with Gasteiger partial charge in [-0.1, -0.05) is 12.1 Å². The zero-order chi connectivity index (χ0) is 13.1. The lowest BCUT2D eigenvalue weighted by atomic mass is 10.2. The third-order valence-electron chi connectivity index (χ3n) is 2.30. The van der Waals surface area contributed by atoms with Crippen molar-refractivity contribution in [2.45, 2.75) is 0 Å². The predicted molar refractivity (Wildman–Crippen MR) is 68.5 cm³/mol. The molecule has 0 aliphatic rings. The van der Waals surface area contributed by atoms with Crippen molar-refractivity contribution in [3.05, 3.63) is 64.1 Å². The number of benzene rings is 2. The fourth-order valence-corrected chi connectivity index (χ4v) is 1.88. The van der Waals surface area contributed by atoms with Crippen LogP contribution >= 0.6 is 15.9 Å². The molecule has 0 atom stereocenters. The summed E-state index contributed by atoms with van der Waals surface area (Å²) in [6.45, 7) is 0. The first-order chi connectivity index (χ1) is 8.58. The maximum Gasteiger partial charge on any atom is 0.256 e. The van der Waals surface area contributed by atoms with E-state index >= 15 is 0 Å². The fourth-order valence-electron chi connectivity index (χ4n) is 1.42. The lowest BCUT2D eigenvalue weighted by Crippen LogP contribution is -2.12. The van der Waals surface area contributed by atoms with Gasteiger partial charge in [-0.05, 0) is 40.2 Å². The van der Waals surface area contributed by atoms with Crippen LogP contribution in [0.3, 0.4) is 0 Å². The Bertz CT molecular complexity index is 601. The van der Waals surface area contributed by atoms with Crippen molar-refractivity contribution < 1.29 is 13.6 Å². The number of halogens is 3. The quantitative estimate of drug-likeness (QED) is 0.893. The molecular weight excluding hydrogens is 304 g/mol. The van der Waals surface area contributed by atoms with Gasteiger partial charge in [0.15, 0.2) is 11.6 Å². The molecule has 0 unspecified atom stereocenters. The van der Waals surface area contributed by atoms with E-state index in [2.05, 4.69) is 21.2 Å². The molecule has 1 amide bonds. The van der Waals surface area contributed by atoms with Crippen LogP contribution in [0.15, 0.2) is 46.9 Å². The van der Waals surface area contributed by atoms with E-state index in [4.69, 9.17) is 0 Å². The molecule has 0 aromatic heterocycles. The summed E-state index contributed by atoms with van der Waals surface area (Å²) in [4.78, 5) is 11.9. The van der Waals surface area contributed by atoms with Gasteiger partial charge in [0.05, 0.1) is 5.56 Å². The van der Waals surface area contributed by atoms with Crippen LogP contribution in [-0.4, -0.2) is 5.91 Å². The van der Waals surface area contributed by atoms with Crippen LogP contribution in [0.2, 0.25) is 0 Å². The van der Waals surface area contributed by atoms with Gasteiger partial charge in [0.2, 0.25) is 0 Å². The van der Waals surface area contributed by atoms with Gasteiger partial charge in [-0.15, -0.1) is 0 Å². The van der Waals surface area contributed by atoms with Crippen molar-refractivity contribution in [3.8, 4) is 0 Å². The minimum atomic E-state index is -1.00. The highest BCUT2D eigenvalue weighted by molar-refractivity contribution is 9.10. The Morgan fingerprint density at radius 1 is 1.06 bits per heavy atom. The second-order valence-corrected chi connectivity index (χ2v) is 4.42. The Labute approximate surface area is 111 Å². The molecule has 2 nitrogen and oxygen atoms in total. The summed E-state index contributed by atoms with van der Waals surface area (Å²) in [6.07, 6.45) is 0. The minimum Gasteiger partial charge on any atom is -0.322 e. The topological polar surface area (TPSA) is 29.1 Å². The van der Waals surface area contributed by atoms with Gasteiger partial charge in [-0.25, -0.2) is 8.78 Å². The molecule has 1 N–H and O–H groups in total. The van der Waals surface area contributed by atoms with Gasteiger partial charge in [-0.2, -0.15) is 0 Å². The van der Waals surface area contributed by atoms with Crippen molar-refractivity contribution in [2.75, 3.05) is 5.32 Å². The van der Waals surface area contributed by atoms with Crippen LogP contribution in [0.1, 0.15) is 10.4 Å². The average Bonchev–Trinajstić information content (AvgIpc) is 2.34. The highest BCUT2D eigenvalue weighted by Gasteiger charge is 2.10. The lowest BCUT2D eigenvalue weighted by Gasteiger charge is -2.07. The molecular formula is C13H8BrF2NO. The first-order valence-corrected chi connectivity index (χ1v) is 5.88. The summed E-state index contributed by atoms with van der Waals surface area (Å²) in [6, 6.07) is 10.0. The normalized spacial score (nSPS) is 10.2. The molecule has 0 saturated carbocycles. The van der Waals surface area contributed by atoms with E-state index in [9.17, 15) is 13.6 Å². The monoisotopic (exact) mass is 311 g/mol. The van der Waals surface area contributed by atoms with Gasteiger partial charge >= 0.3 is 0 Å². The van der Waals surface area contributed by atoms with Crippen molar-refractivity contribution >= 4 is 27.5 Å². The Kier molecular flexibility index (Phi) is 3.72. The first kappa shape index (κ1) is 12.7. The molecule has 0 aliphatic heterocycles. The minimum absolute atomic E-state index is 0.203. The van der Waals surface area contributed by atoms with Crippen LogP contribution in [0.5, 0.6) is 0 Å². The maximum absolute atomic E-state index is 13.0. The second-order valence-electron chi connectivity index (χ2n) is 3.56. The van der Waals surface area contributed by atoms with Crippen molar-refractivity contribution in [2.24, 2.45) is 0 Å². The third kappa shape index (κ3) is 2.73. The van der Waals surface area contributed by atoms with Crippen LogP contribution in [0, 0.1) is 11.6 Å². The first-order valence-electron chi connectivity index (χ1n) is 5.09. The van der Waals surface area contributed by atoms with Crippen molar-refractivity contribution in [1.29, 1.82) is 0 Å². The van der Waals surface area contributed by atoms with Crippen LogP contribution in [0.25, 0.3) is 0 Å². The maximum atomic E-state index is 13.0. The number of hydrogen-bond donors (Lipinski definition) is 1. The number of nitrogens with one attached hydrogen (secondary N) is 1. The van der Waals surface area contributed by atoms with E-state index in [1.807, 2.05) is 0 Å². The summed E-state index contributed by atoms with van der Waals surface area (Å²) in [5, 5.41) is 2.49. The Balaban J connectivity index is 2.22. The van der Waals surface area contributed by atoms with Gasteiger partial charge in [0.25, 0.3) is 5.91 Å². The van der Waals surface area contributed by atoms with E-state index < -0.39 is 17.5 Å². The Hall–Kier alpha value is -1.75. The van der Waals surface area contributed by atoms with Crippen molar-refractivity contribution in [3.63, 3.8) is 0 Å². The molecule has 0 radical (unpaired) electrons. The molecule has 2 rings (SSSR count). The van der Waals surface area contributed by atoms with E-state index in [0.717, 1.165) is 12.1 Å². The smallest absolute Gasteiger partial charge is 0.256 e. The molecule has 18 heavy (non-hydrogen) atoms. The molecule has 5 heteroatoms. The summed E-state index contributed by atoms with van der Waals surface area (Å²) in [5.41, 5.74) is 0.622. The molecule has 2 aromatic rings. The standard InChI is InChI=1S/C13H8BrF2NO/c14-10-4-2-1-3-9(10)13(18)17-8-5-6-11(15)12(16)7-8/h1-7H,(H,17,18). The molecule has 0 bridgehead atoms. The number of carbonyl (C=O) groups is 1. The van der Waals surface area contributed by atoms with Gasteiger partial charge in [0, 0.05) is 16.2 Å². The lowest BCUT2D eigenvalue weighted by molar-refractivity contribution is 0.102. The van der Waals surface area contributed by atoms with Crippen LogP contribution in [-0.2, 0) is 0 Å². The van der Waals surface area contributed by atoms with Crippen molar-refractivity contribution in [1.82, 2.24) is 0 Å². The van der Waals surface area contributed by atoms with Crippen LogP contribution in [0.4, 0.5) is 14.5 Å². The molecule has 2 aromatic carbocycles. The SMILES string of the molecule is O=C(Nc1ccc(F)c(F)c1)c1ccccc1Br. The van der Waals surface area contributed by atoms with E-state index in [1.54, 1.807) is 24.3 Å². The molecule has 0 aliphatic carbocycles. The summed E-state index contributed by atoms with van der Waals surface area (Å²) < 4.78 is 26.3. The molecule has 0 heterocycles. The zero-order valence-electron chi connectivity index (χ0n) is 9.08. The average molecular weight is 312 g/mol. The molecule has 92 valence electrons. The second kappa shape index (κ2) is 5.27. The Morgan fingerprint density at radius 2 is 1.78 bits per heavy atom.